The Kier molecular flexibility index (Phi) is 4.41. The highest BCUT2D eigenvalue weighted by atomic mass is 16.4. The molecule has 0 aliphatic heterocycles. The van der Waals surface area contributed by atoms with Gasteiger partial charge in [-0.1, -0.05) is 30.3 Å². The van der Waals surface area contributed by atoms with Crippen LogP contribution >= 0.6 is 0 Å². The molecule has 1 aromatic carbocycles. The monoisotopic (exact) mass is 313 g/mol. The maximum absolute atomic E-state index is 12.2. The summed E-state index contributed by atoms with van der Waals surface area (Å²) in [6.07, 6.45) is 5.08. The lowest BCUT2D eigenvalue weighted by atomic mass is 10.1. The molecule has 2 aromatic rings. The van der Waals surface area contributed by atoms with Crippen LogP contribution in [-0.2, 0) is 11.3 Å². The second-order valence-corrected chi connectivity index (χ2v) is 5.93. The number of hydrogen-bond acceptors (Lipinski definition) is 3. The van der Waals surface area contributed by atoms with Gasteiger partial charge in [-0.2, -0.15) is 5.10 Å². The summed E-state index contributed by atoms with van der Waals surface area (Å²) in [6, 6.07) is 9.83. The molecule has 1 fully saturated rings. The fourth-order valence-corrected chi connectivity index (χ4v) is 2.94. The first-order valence-electron chi connectivity index (χ1n) is 7.72. The van der Waals surface area contributed by atoms with Crippen LogP contribution in [0.2, 0.25) is 0 Å². The number of aromatic nitrogens is 2. The Hall–Kier alpha value is -2.63. The van der Waals surface area contributed by atoms with Gasteiger partial charge in [0.05, 0.1) is 24.2 Å². The molecule has 6 nitrogen and oxygen atoms in total. The molecular formula is C17H19N3O3. The van der Waals surface area contributed by atoms with E-state index in [4.69, 9.17) is 5.11 Å². The van der Waals surface area contributed by atoms with Gasteiger partial charge in [-0.3, -0.25) is 14.3 Å². The molecule has 1 heterocycles. The van der Waals surface area contributed by atoms with Crippen molar-refractivity contribution >= 4 is 11.9 Å². The van der Waals surface area contributed by atoms with Crippen LogP contribution in [0.3, 0.4) is 0 Å². The van der Waals surface area contributed by atoms with E-state index in [1.165, 1.54) is 0 Å². The van der Waals surface area contributed by atoms with E-state index in [9.17, 15) is 9.59 Å². The Morgan fingerprint density at radius 3 is 2.74 bits per heavy atom. The Labute approximate surface area is 134 Å². The number of benzene rings is 1. The zero-order valence-electron chi connectivity index (χ0n) is 12.7. The van der Waals surface area contributed by atoms with Crippen molar-refractivity contribution in [2.75, 3.05) is 0 Å². The smallest absolute Gasteiger partial charge is 0.306 e. The lowest BCUT2D eigenvalue weighted by Crippen LogP contribution is -2.33. The number of aliphatic carboxylic acids is 1. The summed E-state index contributed by atoms with van der Waals surface area (Å²) in [5, 5.41) is 16.1. The van der Waals surface area contributed by atoms with Gasteiger partial charge in [0.15, 0.2) is 0 Å². The van der Waals surface area contributed by atoms with Crippen molar-refractivity contribution in [2.24, 2.45) is 5.92 Å². The van der Waals surface area contributed by atoms with E-state index in [1.54, 1.807) is 17.1 Å². The molecule has 0 bridgehead atoms. The van der Waals surface area contributed by atoms with Crippen molar-refractivity contribution in [1.29, 1.82) is 0 Å². The number of nitrogens with one attached hydrogen (secondary N) is 1. The average molecular weight is 313 g/mol. The summed E-state index contributed by atoms with van der Waals surface area (Å²) >= 11 is 0. The Balaban J connectivity index is 1.57. The SMILES string of the molecule is O=C(NC1CCC(C(=O)O)C1)c1cnn(Cc2ccccc2)c1. The van der Waals surface area contributed by atoms with Gasteiger partial charge < -0.3 is 10.4 Å². The van der Waals surface area contributed by atoms with E-state index in [2.05, 4.69) is 10.4 Å². The van der Waals surface area contributed by atoms with Gasteiger partial charge in [0, 0.05) is 12.2 Å². The first kappa shape index (κ1) is 15.3. The van der Waals surface area contributed by atoms with E-state index >= 15 is 0 Å². The quantitative estimate of drug-likeness (QED) is 0.883. The zero-order valence-corrected chi connectivity index (χ0v) is 12.7. The number of carboxylic acids is 1. The van der Waals surface area contributed by atoms with Gasteiger partial charge in [0.1, 0.15) is 0 Å². The summed E-state index contributed by atoms with van der Waals surface area (Å²) in [5.74, 6) is -1.32. The van der Waals surface area contributed by atoms with Gasteiger partial charge >= 0.3 is 5.97 Å². The molecule has 1 aliphatic carbocycles. The Bertz CT molecular complexity index is 696. The highest BCUT2D eigenvalue weighted by molar-refractivity contribution is 5.94. The maximum atomic E-state index is 12.2. The third-order valence-electron chi connectivity index (χ3n) is 4.20. The topological polar surface area (TPSA) is 84.2 Å². The van der Waals surface area contributed by atoms with Gasteiger partial charge in [-0.15, -0.1) is 0 Å². The molecule has 1 saturated carbocycles. The van der Waals surface area contributed by atoms with Crippen LogP contribution in [-0.4, -0.2) is 32.8 Å². The lowest BCUT2D eigenvalue weighted by Gasteiger charge is -2.11. The van der Waals surface area contributed by atoms with E-state index in [1.807, 2.05) is 30.3 Å². The first-order valence-corrected chi connectivity index (χ1v) is 7.72. The van der Waals surface area contributed by atoms with Crippen LogP contribution in [0.1, 0.15) is 35.2 Å². The predicted octanol–water partition coefficient (Wildman–Crippen LogP) is 1.91. The van der Waals surface area contributed by atoms with E-state index < -0.39 is 5.97 Å². The third kappa shape index (κ3) is 3.77. The lowest BCUT2D eigenvalue weighted by molar-refractivity contribution is -0.141. The largest absolute Gasteiger partial charge is 0.481 e. The van der Waals surface area contributed by atoms with E-state index in [0.717, 1.165) is 5.56 Å². The Morgan fingerprint density at radius 1 is 1.26 bits per heavy atom. The van der Waals surface area contributed by atoms with Crippen molar-refractivity contribution in [2.45, 2.75) is 31.8 Å². The molecule has 120 valence electrons. The summed E-state index contributed by atoms with van der Waals surface area (Å²) in [4.78, 5) is 23.2. The number of carbonyl (C=O) groups is 2. The first-order chi connectivity index (χ1) is 11.1. The summed E-state index contributed by atoms with van der Waals surface area (Å²) in [7, 11) is 0. The molecule has 1 aromatic heterocycles. The molecule has 23 heavy (non-hydrogen) atoms. The molecule has 2 unspecified atom stereocenters. The number of carbonyl (C=O) groups excluding carboxylic acids is 1. The molecule has 2 N–H and O–H groups in total. The van der Waals surface area contributed by atoms with Gasteiger partial charge in [0.25, 0.3) is 5.91 Å². The molecule has 0 saturated heterocycles. The molecule has 3 rings (SSSR count). The number of carboxylic acid groups (broad SMARTS) is 1. The van der Waals surface area contributed by atoms with E-state index in [0.29, 0.717) is 31.4 Å². The summed E-state index contributed by atoms with van der Waals surface area (Å²) in [6.45, 7) is 0.610. The number of amides is 1. The fourth-order valence-electron chi connectivity index (χ4n) is 2.94. The number of hydrogen-bond donors (Lipinski definition) is 2. The van der Waals surface area contributed by atoms with Crippen molar-refractivity contribution < 1.29 is 14.7 Å². The van der Waals surface area contributed by atoms with Gasteiger partial charge in [-0.05, 0) is 24.8 Å². The number of nitrogens with zero attached hydrogens (tertiary/aromatic N) is 2. The molecule has 1 amide bonds. The average Bonchev–Trinajstić information content (AvgIpc) is 3.18. The normalized spacial score (nSPS) is 20.3. The standard InChI is InChI=1S/C17H19N3O3/c21-16(19-15-7-6-13(8-15)17(22)23)14-9-18-20(11-14)10-12-4-2-1-3-5-12/h1-5,9,11,13,15H,6-8,10H2,(H,19,21)(H,22,23). The number of rotatable bonds is 5. The summed E-state index contributed by atoms with van der Waals surface area (Å²) in [5.41, 5.74) is 1.61. The minimum absolute atomic E-state index is 0.0685. The maximum Gasteiger partial charge on any atom is 0.306 e. The molecule has 0 radical (unpaired) electrons. The van der Waals surface area contributed by atoms with Crippen molar-refractivity contribution in [3.63, 3.8) is 0 Å². The highest BCUT2D eigenvalue weighted by Gasteiger charge is 2.30. The Morgan fingerprint density at radius 2 is 2.04 bits per heavy atom. The van der Waals surface area contributed by atoms with Crippen LogP contribution < -0.4 is 5.32 Å². The van der Waals surface area contributed by atoms with Crippen LogP contribution in [0.25, 0.3) is 0 Å². The molecule has 0 spiro atoms. The fraction of sp³-hybridized carbons (Fsp3) is 0.353. The van der Waals surface area contributed by atoms with Gasteiger partial charge in [0.2, 0.25) is 0 Å². The molecule has 2 atom stereocenters. The third-order valence-corrected chi connectivity index (χ3v) is 4.20. The molecule has 6 heteroatoms. The van der Waals surface area contributed by atoms with Crippen LogP contribution in [0, 0.1) is 5.92 Å². The second kappa shape index (κ2) is 6.64. The van der Waals surface area contributed by atoms with Crippen molar-refractivity contribution in [3.8, 4) is 0 Å². The van der Waals surface area contributed by atoms with Crippen molar-refractivity contribution in [3.05, 3.63) is 53.9 Å². The molecular weight excluding hydrogens is 294 g/mol. The van der Waals surface area contributed by atoms with Crippen LogP contribution in [0.15, 0.2) is 42.7 Å². The van der Waals surface area contributed by atoms with Crippen molar-refractivity contribution in [1.82, 2.24) is 15.1 Å². The second-order valence-electron chi connectivity index (χ2n) is 5.93. The minimum Gasteiger partial charge on any atom is -0.481 e. The summed E-state index contributed by atoms with van der Waals surface area (Å²) < 4.78 is 1.72. The van der Waals surface area contributed by atoms with Gasteiger partial charge in [-0.25, -0.2) is 0 Å². The minimum atomic E-state index is -0.780. The van der Waals surface area contributed by atoms with Crippen LogP contribution in [0.4, 0.5) is 0 Å². The zero-order chi connectivity index (χ0) is 16.2. The predicted molar refractivity (Wildman–Crippen MR) is 84.0 cm³/mol. The van der Waals surface area contributed by atoms with E-state index in [-0.39, 0.29) is 17.9 Å². The highest BCUT2D eigenvalue weighted by Crippen LogP contribution is 2.25. The van der Waals surface area contributed by atoms with Crippen LogP contribution in [0.5, 0.6) is 0 Å². The molecule has 1 aliphatic rings.